The van der Waals surface area contributed by atoms with E-state index in [1.54, 1.807) is 6.08 Å². The van der Waals surface area contributed by atoms with E-state index in [2.05, 4.69) is 4.90 Å². The summed E-state index contributed by atoms with van der Waals surface area (Å²) >= 11 is 0. The Kier molecular flexibility index (Phi) is 2.15. The van der Waals surface area contributed by atoms with E-state index in [0.29, 0.717) is 5.76 Å². The van der Waals surface area contributed by atoms with Crippen molar-refractivity contribution < 1.29 is 9.53 Å². The van der Waals surface area contributed by atoms with Crippen molar-refractivity contribution in [3.63, 3.8) is 0 Å². The molecule has 3 heteroatoms. The summed E-state index contributed by atoms with van der Waals surface area (Å²) < 4.78 is 5.00. The van der Waals surface area contributed by atoms with Crippen LogP contribution in [0.2, 0.25) is 0 Å². The molecule has 3 nitrogen and oxygen atoms in total. The van der Waals surface area contributed by atoms with E-state index in [9.17, 15) is 4.79 Å². The summed E-state index contributed by atoms with van der Waals surface area (Å²) in [6.45, 7) is 0.971. The second-order valence-corrected chi connectivity index (χ2v) is 3.56. The molecule has 1 heterocycles. The van der Waals surface area contributed by atoms with Gasteiger partial charge in [-0.2, -0.15) is 0 Å². The first kappa shape index (κ1) is 9.06. The number of carbonyl (C=O) groups is 1. The lowest BCUT2D eigenvalue weighted by Crippen LogP contribution is -2.21. The third-order valence-electron chi connectivity index (χ3n) is 2.52. The third-order valence-corrected chi connectivity index (χ3v) is 2.52. The molecule has 0 aromatic carbocycles. The maximum Gasteiger partial charge on any atom is 0.220 e. The van der Waals surface area contributed by atoms with Crippen molar-refractivity contribution in [3.05, 3.63) is 35.3 Å². The van der Waals surface area contributed by atoms with Gasteiger partial charge in [0.1, 0.15) is 0 Å². The quantitative estimate of drug-likeness (QED) is 0.624. The molecule has 0 N–H and O–H groups in total. The van der Waals surface area contributed by atoms with E-state index in [0.717, 1.165) is 24.1 Å². The van der Waals surface area contributed by atoms with Crippen LogP contribution in [0.4, 0.5) is 0 Å². The predicted molar refractivity (Wildman–Crippen MR) is 53.5 cm³/mol. The summed E-state index contributed by atoms with van der Waals surface area (Å²) in [7, 11) is 3.55. The highest BCUT2D eigenvalue weighted by Crippen LogP contribution is 2.27. The van der Waals surface area contributed by atoms with Gasteiger partial charge in [0.2, 0.25) is 5.78 Å². The molecule has 2 rings (SSSR count). The Labute approximate surface area is 83.3 Å². The first-order valence-electron chi connectivity index (χ1n) is 4.64. The maximum atomic E-state index is 11.5. The van der Waals surface area contributed by atoms with E-state index in [1.807, 2.05) is 19.3 Å². The summed E-state index contributed by atoms with van der Waals surface area (Å²) in [5.41, 5.74) is 2.21. The van der Waals surface area contributed by atoms with E-state index in [-0.39, 0.29) is 5.78 Å². The molecule has 0 spiro atoms. The minimum Gasteiger partial charge on any atom is -0.493 e. The lowest BCUT2D eigenvalue weighted by molar-refractivity contribution is -0.114. The first-order valence-corrected chi connectivity index (χ1v) is 4.64. The number of rotatable bonds is 1. The number of ether oxygens (including phenoxy) is 1. The van der Waals surface area contributed by atoms with Crippen LogP contribution in [-0.4, -0.2) is 31.4 Å². The van der Waals surface area contributed by atoms with Crippen molar-refractivity contribution in [1.29, 1.82) is 0 Å². The number of allylic oxidation sites excluding steroid dienone is 3. The molecule has 0 amide bonds. The number of nitrogens with zero attached hydrogens (tertiary/aromatic N) is 1. The molecule has 0 unspecified atom stereocenters. The van der Waals surface area contributed by atoms with Crippen LogP contribution >= 0.6 is 0 Å². The van der Waals surface area contributed by atoms with Gasteiger partial charge < -0.3 is 9.64 Å². The Balaban J connectivity index is 2.37. The minimum atomic E-state index is -0.0239. The van der Waals surface area contributed by atoms with Gasteiger partial charge in [0, 0.05) is 19.8 Å². The van der Waals surface area contributed by atoms with Gasteiger partial charge in [-0.25, -0.2) is 0 Å². The van der Waals surface area contributed by atoms with Crippen molar-refractivity contribution in [1.82, 2.24) is 4.90 Å². The van der Waals surface area contributed by atoms with Crippen molar-refractivity contribution in [2.24, 2.45) is 0 Å². The van der Waals surface area contributed by atoms with Crippen LogP contribution in [0.3, 0.4) is 0 Å². The molecule has 14 heavy (non-hydrogen) atoms. The van der Waals surface area contributed by atoms with Crippen LogP contribution in [0.25, 0.3) is 0 Å². The smallest absolute Gasteiger partial charge is 0.220 e. The van der Waals surface area contributed by atoms with Crippen molar-refractivity contribution in [2.45, 2.75) is 6.42 Å². The standard InChI is InChI=1S/C11H13NO2/c1-12-4-3-8-5-10(13)11(14-2)6-9(8)7-12/h5-7H,3-4H2,1-2H3. The largest absolute Gasteiger partial charge is 0.493 e. The maximum absolute atomic E-state index is 11.5. The topological polar surface area (TPSA) is 29.5 Å². The number of carbonyl (C=O) groups excluding carboxylic acids is 1. The van der Waals surface area contributed by atoms with E-state index in [4.69, 9.17) is 4.74 Å². The van der Waals surface area contributed by atoms with Gasteiger partial charge in [-0.1, -0.05) is 0 Å². The Morgan fingerprint density at radius 3 is 2.93 bits per heavy atom. The number of hydrogen-bond acceptors (Lipinski definition) is 3. The molecule has 0 aromatic heterocycles. The molecule has 2 aliphatic rings. The molecule has 0 atom stereocenters. The van der Waals surface area contributed by atoms with Gasteiger partial charge in [0.25, 0.3) is 0 Å². The van der Waals surface area contributed by atoms with Gasteiger partial charge in [0.15, 0.2) is 5.76 Å². The number of fused-ring (bicyclic) bond motifs is 1. The second-order valence-electron chi connectivity index (χ2n) is 3.56. The van der Waals surface area contributed by atoms with Crippen LogP contribution in [0.1, 0.15) is 6.42 Å². The Morgan fingerprint density at radius 2 is 2.21 bits per heavy atom. The molecule has 0 bridgehead atoms. The molecule has 0 saturated carbocycles. The molecular weight excluding hydrogens is 178 g/mol. The molecule has 0 radical (unpaired) electrons. The first-order chi connectivity index (χ1) is 6.70. The zero-order valence-corrected chi connectivity index (χ0v) is 8.41. The average molecular weight is 191 g/mol. The lowest BCUT2D eigenvalue weighted by Gasteiger charge is -2.25. The molecule has 0 fully saturated rings. The third kappa shape index (κ3) is 1.45. The summed E-state index contributed by atoms with van der Waals surface area (Å²) in [6, 6.07) is 0. The Hall–Kier alpha value is -1.51. The van der Waals surface area contributed by atoms with E-state index in [1.165, 1.54) is 7.11 Å². The van der Waals surface area contributed by atoms with Crippen LogP contribution in [-0.2, 0) is 9.53 Å². The van der Waals surface area contributed by atoms with Gasteiger partial charge in [0.05, 0.1) is 7.11 Å². The van der Waals surface area contributed by atoms with Crippen LogP contribution in [0, 0.1) is 0 Å². The van der Waals surface area contributed by atoms with Crippen molar-refractivity contribution in [3.8, 4) is 0 Å². The normalized spacial score (nSPS) is 20.9. The molecule has 74 valence electrons. The monoisotopic (exact) mass is 191 g/mol. The van der Waals surface area contributed by atoms with E-state index < -0.39 is 0 Å². The van der Waals surface area contributed by atoms with Crippen molar-refractivity contribution >= 4 is 5.78 Å². The summed E-state index contributed by atoms with van der Waals surface area (Å²) in [6.07, 6.45) is 6.47. The van der Waals surface area contributed by atoms with Crippen LogP contribution < -0.4 is 0 Å². The highest BCUT2D eigenvalue weighted by Gasteiger charge is 2.20. The molecule has 1 aliphatic carbocycles. The van der Waals surface area contributed by atoms with Gasteiger partial charge in [-0.3, -0.25) is 4.79 Å². The predicted octanol–water partition coefficient (Wildman–Crippen LogP) is 1.25. The number of ketones is 1. The molecule has 1 aliphatic heterocycles. The fourth-order valence-electron chi connectivity index (χ4n) is 1.71. The van der Waals surface area contributed by atoms with Gasteiger partial charge in [-0.15, -0.1) is 0 Å². The Bertz CT molecular complexity index is 363. The Morgan fingerprint density at radius 1 is 1.43 bits per heavy atom. The molecular formula is C11H13NO2. The fourth-order valence-corrected chi connectivity index (χ4v) is 1.71. The zero-order chi connectivity index (χ0) is 10.1. The van der Waals surface area contributed by atoms with Crippen molar-refractivity contribution in [2.75, 3.05) is 20.7 Å². The van der Waals surface area contributed by atoms with Crippen LogP contribution in [0.15, 0.2) is 35.3 Å². The highest BCUT2D eigenvalue weighted by atomic mass is 16.5. The van der Waals surface area contributed by atoms with Gasteiger partial charge in [-0.05, 0) is 29.7 Å². The molecule has 0 saturated heterocycles. The van der Waals surface area contributed by atoms with Crippen LogP contribution in [0.5, 0.6) is 0 Å². The molecule has 0 aromatic rings. The lowest BCUT2D eigenvalue weighted by atomic mass is 9.93. The summed E-state index contributed by atoms with van der Waals surface area (Å²) in [5.74, 6) is 0.402. The minimum absolute atomic E-state index is 0.0239. The number of hydrogen-bond donors (Lipinski definition) is 0. The second kappa shape index (κ2) is 3.33. The van der Waals surface area contributed by atoms with Gasteiger partial charge >= 0.3 is 0 Å². The summed E-state index contributed by atoms with van der Waals surface area (Å²) in [4.78, 5) is 13.6. The highest BCUT2D eigenvalue weighted by molar-refractivity contribution is 6.05. The zero-order valence-electron chi connectivity index (χ0n) is 8.41. The summed E-state index contributed by atoms with van der Waals surface area (Å²) in [5, 5.41) is 0. The number of methoxy groups -OCH3 is 1. The fraction of sp³-hybridized carbons (Fsp3) is 0.364. The van der Waals surface area contributed by atoms with E-state index >= 15 is 0 Å². The average Bonchev–Trinajstić information content (AvgIpc) is 2.17. The SMILES string of the molecule is COC1=CC2=CN(C)CCC2=CC1=O.